The van der Waals surface area contributed by atoms with E-state index in [1.54, 1.807) is 0 Å². The molecule has 0 spiro atoms. The molecule has 0 aromatic heterocycles. The summed E-state index contributed by atoms with van der Waals surface area (Å²) in [5, 5.41) is 9.82. The first-order valence-electron chi connectivity index (χ1n) is 5.47. The highest BCUT2D eigenvalue weighted by Crippen LogP contribution is 2.30. The van der Waals surface area contributed by atoms with Crippen LogP contribution in [-0.2, 0) is 11.2 Å². The van der Waals surface area contributed by atoms with E-state index in [2.05, 4.69) is 6.58 Å². The second-order valence-corrected chi connectivity index (χ2v) is 4.71. The minimum absolute atomic E-state index is 0.410. The Bertz CT molecular complexity index is 458. The van der Waals surface area contributed by atoms with Crippen LogP contribution in [0.5, 0.6) is 0 Å². The van der Waals surface area contributed by atoms with Gasteiger partial charge in [0.2, 0.25) is 0 Å². The first-order chi connectivity index (χ1) is 8.09. The Morgan fingerprint density at radius 3 is 2.88 bits per heavy atom. The van der Waals surface area contributed by atoms with E-state index < -0.39 is 12.0 Å². The van der Waals surface area contributed by atoms with Crippen LogP contribution in [0.25, 0.3) is 0 Å². The van der Waals surface area contributed by atoms with Gasteiger partial charge in [0, 0.05) is 18.1 Å². The van der Waals surface area contributed by atoms with Gasteiger partial charge in [-0.25, -0.2) is 0 Å². The van der Waals surface area contributed by atoms with Gasteiger partial charge in [0.05, 0.1) is 0 Å². The zero-order valence-corrected chi connectivity index (χ0v) is 10.2. The van der Waals surface area contributed by atoms with Crippen molar-refractivity contribution in [1.29, 1.82) is 0 Å². The van der Waals surface area contributed by atoms with Gasteiger partial charge in [-0.05, 0) is 17.5 Å². The average molecular weight is 252 g/mol. The van der Waals surface area contributed by atoms with Gasteiger partial charge in [-0.15, -0.1) is 0 Å². The summed E-state index contributed by atoms with van der Waals surface area (Å²) in [4.78, 5) is 13.2. The molecule has 0 amide bonds. The highest BCUT2D eigenvalue weighted by Gasteiger charge is 2.32. The molecule has 1 aromatic rings. The summed E-state index contributed by atoms with van der Waals surface area (Å²) in [5.74, 6) is -0.838. The number of nitrogens with zero attached hydrogens (tertiary/aromatic N) is 1. The molecule has 0 bridgehead atoms. The normalized spacial score (nSPS) is 19.7. The summed E-state index contributed by atoms with van der Waals surface area (Å²) in [6.07, 6.45) is 0.851. The van der Waals surface area contributed by atoms with E-state index in [0.29, 0.717) is 18.1 Å². The van der Waals surface area contributed by atoms with Crippen LogP contribution >= 0.6 is 11.6 Å². The molecule has 1 N–H and O–H groups in total. The predicted octanol–water partition coefficient (Wildman–Crippen LogP) is 2.42. The second kappa shape index (κ2) is 4.90. The molecule has 4 heteroatoms. The third-order valence-electron chi connectivity index (χ3n) is 2.99. The molecule has 0 saturated heterocycles. The summed E-state index contributed by atoms with van der Waals surface area (Å²) >= 11 is 5.78. The van der Waals surface area contributed by atoms with Crippen molar-refractivity contribution in [3.8, 4) is 0 Å². The number of hydrogen-bond acceptors (Lipinski definition) is 2. The van der Waals surface area contributed by atoms with Crippen molar-refractivity contribution < 1.29 is 9.90 Å². The minimum atomic E-state index is -0.838. The fourth-order valence-electron chi connectivity index (χ4n) is 2.30. The topological polar surface area (TPSA) is 40.5 Å². The van der Waals surface area contributed by atoms with Crippen molar-refractivity contribution in [3.63, 3.8) is 0 Å². The van der Waals surface area contributed by atoms with Gasteiger partial charge in [-0.2, -0.15) is 0 Å². The van der Waals surface area contributed by atoms with E-state index in [1.807, 2.05) is 29.2 Å². The lowest BCUT2D eigenvalue weighted by molar-refractivity contribution is -0.143. The molecule has 17 heavy (non-hydrogen) atoms. The summed E-state index contributed by atoms with van der Waals surface area (Å²) in [6.45, 7) is 4.73. The molecule has 0 aliphatic carbocycles. The van der Waals surface area contributed by atoms with Gasteiger partial charge in [-0.3, -0.25) is 9.69 Å². The molecular weight excluding hydrogens is 238 g/mol. The molecule has 0 fully saturated rings. The number of halogens is 1. The lowest BCUT2D eigenvalue weighted by Crippen LogP contribution is -2.40. The third-order valence-corrected chi connectivity index (χ3v) is 3.11. The lowest BCUT2D eigenvalue weighted by atomic mass is 9.92. The first kappa shape index (κ1) is 12.1. The van der Waals surface area contributed by atoms with Gasteiger partial charge in [0.25, 0.3) is 0 Å². The number of carboxylic acids is 1. The van der Waals surface area contributed by atoms with E-state index in [0.717, 1.165) is 17.5 Å². The number of aliphatic carboxylic acids is 1. The van der Waals surface area contributed by atoms with Crippen LogP contribution in [0.1, 0.15) is 17.2 Å². The molecule has 0 radical (unpaired) electrons. The van der Waals surface area contributed by atoms with Crippen LogP contribution in [0.4, 0.5) is 0 Å². The van der Waals surface area contributed by atoms with Gasteiger partial charge in [0.1, 0.15) is 6.04 Å². The second-order valence-electron chi connectivity index (χ2n) is 4.18. The first-order valence-corrected chi connectivity index (χ1v) is 5.85. The van der Waals surface area contributed by atoms with E-state index in [9.17, 15) is 9.90 Å². The van der Waals surface area contributed by atoms with Crippen LogP contribution in [0, 0.1) is 0 Å². The van der Waals surface area contributed by atoms with E-state index in [4.69, 9.17) is 11.6 Å². The third kappa shape index (κ3) is 2.51. The van der Waals surface area contributed by atoms with E-state index >= 15 is 0 Å². The number of fused-ring (bicyclic) bond motifs is 1. The smallest absolute Gasteiger partial charge is 0.325 e. The van der Waals surface area contributed by atoms with Crippen molar-refractivity contribution >= 4 is 17.6 Å². The standard InChI is InChI=1S/C13H14ClNO2/c1-9(14)8-15-7-6-10-4-2-3-5-11(10)12(15)13(16)17/h2-5,12H,1,6-8H2,(H,16,17). The Morgan fingerprint density at radius 1 is 1.53 bits per heavy atom. The fraction of sp³-hybridized carbons (Fsp3) is 0.308. The van der Waals surface area contributed by atoms with Crippen molar-refractivity contribution in [2.75, 3.05) is 13.1 Å². The lowest BCUT2D eigenvalue weighted by Gasteiger charge is -2.34. The van der Waals surface area contributed by atoms with Gasteiger partial charge in [0.15, 0.2) is 0 Å². The Morgan fingerprint density at radius 2 is 2.24 bits per heavy atom. The maximum Gasteiger partial charge on any atom is 0.325 e. The number of hydrogen-bond donors (Lipinski definition) is 1. The highest BCUT2D eigenvalue weighted by atomic mass is 35.5. The number of benzene rings is 1. The summed E-state index contributed by atoms with van der Waals surface area (Å²) < 4.78 is 0. The summed E-state index contributed by atoms with van der Waals surface area (Å²) in [5.41, 5.74) is 1.97. The molecular formula is C13H14ClNO2. The Balaban J connectivity index is 2.36. The van der Waals surface area contributed by atoms with Crippen LogP contribution < -0.4 is 0 Å². The maximum absolute atomic E-state index is 11.4. The zero-order chi connectivity index (χ0) is 12.4. The van der Waals surface area contributed by atoms with Crippen LogP contribution in [0.15, 0.2) is 35.9 Å². The highest BCUT2D eigenvalue weighted by molar-refractivity contribution is 6.29. The molecule has 0 saturated carbocycles. The fourth-order valence-corrected chi connectivity index (χ4v) is 2.45. The van der Waals surface area contributed by atoms with E-state index in [-0.39, 0.29) is 0 Å². The van der Waals surface area contributed by atoms with Crippen LogP contribution in [0.3, 0.4) is 0 Å². The summed E-state index contributed by atoms with van der Waals surface area (Å²) in [7, 11) is 0. The molecule has 1 unspecified atom stereocenters. The number of carboxylic acid groups (broad SMARTS) is 1. The Hall–Kier alpha value is -1.32. The van der Waals surface area contributed by atoms with Crippen molar-refractivity contribution in [2.45, 2.75) is 12.5 Å². The van der Waals surface area contributed by atoms with Gasteiger partial charge in [-0.1, -0.05) is 42.4 Å². The quantitative estimate of drug-likeness (QED) is 0.897. The Kier molecular flexibility index (Phi) is 3.50. The Labute approximate surface area is 105 Å². The molecule has 1 atom stereocenters. The number of carbonyl (C=O) groups is 1. The molecule has 1 heterocycles. The molecule has 3 nitrogen and oxygen atoms in total. The largest absolute Gasteiger partial charge is 0.480 e. The van der Waals surface area contributed by atoms with Crippen LogP contribution in [0.2, 0.25) is 0 Å². The van der Waals surface area contributed by atoms with Gasteiger partial charge >= 0.3 is 5.97 Å². The van der Waals surface area contributed by atoms with Crippen molar-refractivity contribution in [2.24, 2.45) is 0 Å². The molecule has 90 valence electrons. The molecule has 1 aliphatic rings. The SMILES string of the molecule is C=C(Cl)CN1CCc2ccccc2C1C(=O)O. The molecule has 1 aliphatic heterocycles. The monoisotopic (exact) mass is 251 g/mol. The van der Waals surface area contributed by atoms with Crippen molar-refractivity contribution in [3.05, 3.63) is 47.0 Å². The zero-order valence-electron chi connectivity index (χ0n) is 9.40. The van der Waals surface area contributed by atoms with Crippen LogP contribution in [-0.4, -0.2) is 29.1 Å². The summed E-state index contributed by atoms with van der Waals surface area (Å²) in [6, 6.07) is 7.05. The molecule has 1 aromatic carbocycles. The van der Waals surface area contributed by atoms with E-state index in [1.165, 1.54) is 0 Å². The molecule has 2 rings (SSSR count). The average Bonchev–Trinajstić information content (AvgIpc) is 2.27. The maximum atomic E-state index is 11.4. The van der Waals surface area contributed by atoms with Crippen molar-refractivity contribution in [1.82, 2.24) is 4.90 Å². The van der Waals surface area contributed by atoms with Gasteiger partial charge < -0.3 is 5.11 Å². The number of rotatable bonds is 3. The minimum Gasteiger partial charge on any atom is -0.480 e. The predicted molar refractivity (Wildman–Crippen MR) is 67.1 cm³/mol.